The number of nitrogens with zero attached hydrogens (tertiary/aromatic N) is 3. The number of amides is 2. The Kier molecular flexibility index (Phi) is 20.7. The molecule has 29 nitrogen and oxygen atoms in total. The van der Waals surface area contributed by atoms with Crippen molar-refractivity contribution in [2.45, 2.75) is 94.3 Å². The van der Waals surface area contributed by atoms with E-state index in [0.717, 1.165) is 0 Å². The molecule has 0 bridgehead atoms. The first-order valence-corrected chi connectivity index (χ1v) is 17.3. The van der Waals surface area contributed by atoms with Crippen molar-refractivity contribution in [3.8, 4) is 0 Å². The highest BCUT2D eigenvalue weighted by Gasteiger charge is 2.51. The molecular formula is C29H45ClN6O23. The van der Waals surface area contributed by atoms with Crippen molar-refractivity contribution in [1.82, 2.24) is 10.6 Å². The van der Waals surface area contributed by atoms with E-state index >= 15 is 0 Å². The molecule has 336 valence electrons. The second-order valence-electron chi connectivity index (χ2n) is 12.5. The average molecular weight is 881 g/mol. The minimum atomic E-state index is -0.896. The molecule has 6 aliphatic heterocycles. The van der Waals surface area contributed by atoms with E-state index in [1.165, 1.54) is 13.8 Å². The van der Waals surface area contributed by atoms with E-state index in [9.17, 15) is 54.3 Å². The first-order valence-electron chi connectivity index (χ1n) is 16.9. The van der Waals surface area contributed by atoms with Gasteiger partial charge in [0.05, 0.1) is 57.8 Å². The van der Waals surface area contributed by atoms with Crippen molar-refractivity contribution in [1.29, 1.82) is 0 Å². The summed E-state index contributed by atoms with van der Waals surface area (Å²) in [6.45, 7) is 1.99. The van der Waals surface area contributed by atoms with Crippen molar-refractivity contribution in [2.75, 3.05) is 59.5 Å². The molecule has 0 saturated carbocycles. The molecule has 6 rings (SSSR count). The summed E-state index contributed by atoms with van der Waals surface area (Å²) in [5.74, 6) is -2.09. The average Bonchev–Trinajstić information content (AvgIpc) is 4.00. The molecule has 12 atom stereocenters. The number of carbonyl (C=O) groups excluding carboxylic acids is 5. The normalized spacial score (nSPS) is 31.5. The molecule has 0 unspecified atom stereocenters. The summed E-state index contributed by atoms with van der Waals surface area (Å²) < 4.78 is 40.5. The number of nitrogens with two attached hydrogens (primary N) is 1. The van der Waals surface area contributed by atoms with Gasteiger partial charge in [-0.1, -0.05) is 7.43 Å². The summed E-state index contributed by atoms with van der Waals surface area (Å²) in [5.41, 5.74) is 5.64. The lowest BCUT2D eigenvalue weighted by Crippen LogP contribution is -2.45. The Balaban J connectivity index is 0.000000282. The van der Waals surface area contributed by atoms with Crippen molar-refractivity contribution in [3.63, 3.8) is 0 Å². The Morgan fingerprint density at radius 1 is 0.627 bits per heavy atom. The van der Waals surface area contributed by atoms with E-state index in [1.54, 1.807) is 0 Å². The van der Waals surface area contributed by atoms with Crippen LogP contribution < -0.4 is 16.4 Å². The molecular weight excluding hydrogens is 836 g/mol. The molecule has 30 heteroatoms. The van der Waals surface area contributed by atoms with Gasteiger partial charge in [0.25, 0.3) is 26.4 Å². The van der Waals surface area contributed by atoms with E-state index in [4.69, 9.17) is 50.9 Å². The Morgan fingerprint density at radius 3 is 1.36 bits per heavy atom. The number of carbonyl (C=O) groups is 5. The number of ether oxygens (including phenoxy) is 8. The molecule has 5 N–H and O–H groups in total. The maximum atomic E-state index is 11.5. The van der Waals surface area contributed by atoms with Gasteiger partial charge in [-0.3, -0.25) is 24.0 Å². The summed E-state index contributed by atoms with van der Waals surface area (Å²) in [5, 5.41) is 41.0. The van der Waals surface area contributed by atoms with Gasteiger partial charge in [0.15, 0.2) is 31.5 Å². The quantitative estimate of drug-likeness (QED) is 0.0591. The van der Waals surface area contributed by atoms with Gasteiger partial charge in [0, 0.05) is 13.8 Å². The summed E-state index contributed by atoms with van der Waals surface area (Å²) in [7, 11) is 0. The van der Waals surface area contributed by atoms with Gasteiger partial charge in [-0.15, -0.1) is 30.3 Å². The molecule has 6 fully saturated rings. The second-order valence-corrected chi connectivity index (χ2v) is 12.9. The van der Waals surface area contributed by atoms with E-state index in [2.05, 4.69) is 34.6 Å². The largest absolute Gasteiger partial charge is 0.456 e. The first kappa shape index (κ1) is 50.3. The minimum Gasteiger partial charge on any atom is -0.456 e. The lowest BCUT2D eigenvalue weighted by molar-refractivity contribution is -0.769. The third-order valence-corrected chi connectivity index (χ3v) is 8.47. The number of halogens is 1. The summed E-state index contributed by atoms with van der Waals surface area (Å²) in [4.78, 5) is 96.7. The van der Waals surface area contributed by atoms with Gasteiger partial charge in [0.2, 0.25) is 5.91 Å². The van der Waals surface area contributed by atoms with Crippen LogP contribution in [0.5, 0.6) is 0 Å². The van der Waals surface area contributed by atoms with E-state index in [0.29, 0.717) is 6.61 Å². The molecule has 2 amide bonds. The zero-order chi connectivity index (χ0) is 43.1. The zero-order valence-electron chi connectivity index (χ0n) is 30.5. The molecule has 0 aromatic heterocycles. The first-order chi connectivity index (χ1) is 27.4. The van der Waals surface area contributed by atoms with Crippen LogP contribution in [0.2, 0.25) is 0 Å². The number of hydrogen-bond acceptors (Lipinski definition) is 24. The predicted molar refractivity (Wildman–Crippen MR) is 184 cm³/mol. The summed E-state index contributed by atoms with van der Waals surface area (Å²) >= 11 is 4.81. The van der Waals surface area contributed by atoms with E-state index in [-0.39, 0.29) is 65.3 Å². The third kappa shape index (κ3) is 16.0. The van der Waals surface area contributed by atoms with E-state index < -0.39 is 112 Å². The van der Waals surface area contributed by atoms with Crippen LogP contribution in [0.1, 0.15) is 21.3 Å². The molecule has 0 spiro atoms. The van der Waals surface area contributed by atoms with Gasteiger partial charge in [-0.2, -0.15) is 0 Å². The minimum absolute atomic E-state index is 0. The highest BCUT2D eigenvalue weighted by molar-refractivity contribution is 6.64. The smallest absolute Gasteiger partial charge is 0.303 e. The van der Waals surface area contributed by atoms with Crippen LogP contribution in [-0.4, -0.2) is 182 Å². The lowest BCUT2D eigenvalue weighted by atomic mass is 10.1. The Bertz CT molecular complexity index is 1470. The monoisotopic (exact) mass is 880 g/mol. The topological polar surface area (TPSA) is 387 Å². The van der Waals surface area contributed by atoms with Gasteiger partial charge < -0.3 is 73.9 Å². The van der Waals surface area contributed by atoms with Crippen LogP contribution in [0.15, 0.2) is 0 Å². The number of hydrogen-bond donors (Lipinski definition) is 4. The van der Waals surface area contributed by atoms with E-state index in [1.807, 2.05) is 0 Å². The predicted octanol–water partition coefficient (Wildman–Crippen LogP) is -4.11. The Labute approximate surface area is 337 Å². The maximum Gasteiger partial charge on any atom is 0.303 e. The van der Waals surface area contributed by atoms with Crippen LogP contribution in [0.4, 0.5) is 0 Å². The van der Waals surface area contributed by atoms with Gasteiger partial charge in [-0.25, -0.2) is 0 Å². The van der Waals surface area contributed by atoms with Crippen LogP contribution in [-0.2, 0) is 76.4 Å². The number of rotatable bonds is 13. The molecule has 59 heavy (non-hydrogen) atoms. The standard InChI is InChI=1S/C10H14N2O8.C8H12N2O7.C6H10N2O5.C4H5ClO3.CH4/c1-5(13)17-4-8(14)11-6-2-18-10-7(20-12(15)16)3-19-9(6)10;11-1-6(12)9-4-2-15-8-5(17-10(13)14)3-16-7(4)8;7-3-1-11-6-4(13-8(9)10)2-12-5(3)6;1-3(6)8-2-4(5)7;/h6-7,9-10H,2-4H2,1H3,(H,11,14);4-5,7-8,11H,1-3H2,(H,9,12);3-6H,1-2,7H2;2H2,1H3;1H4/t6-,7+,9-,10-;4-,5+,7-,8-;3-,4+,5-,6-;;/m111../s1. The van der Waals surface area contributed by atoms with Crippen LogP contribution in [0.3, 0.4) is 0 Å². The second kappa shape index (κ2) is 24.3. The molecule has 0 aromatic carbocycles. The summed E-state index contributed by atoms with van der Waals surface area (Å²) in [6.07, 6.45) is -5.00. The van der Waals surface area contributed by atoms with Gasteiger partial charge in [-0.05, 0) is 11.6 Å². The number of esters is 2. The molecule has 0 aliphatic carbocycles. The van der Waals surface area contributed by atoms with Crippen molar-refractivity contribution < 1.29 is 96.7 Å². The lowest BCUT2D eigenvalue weighted by Gasteiger charge is -2.17. The van der Waals surface area contributed by atoms with Crippen molar-refractivity contribution >= 4 is 40.6 Å². The van der Waals surface area contributed by atoms with Gasteiger partial charge >= 0.3 is 11.9 Å². The van der Waals surface area contributed by atoms with Crippen molar-refractivity contribution in [2.24, 2.45) is 5.73 Å². The molecule has 6 aliphatic rings. The number of aliphatic hydroxyl groups is 1. The third-order valence-electron chi connectivity index (χ3n) is 8.36. The number of aliphatic hydroxyl groups excluding tert-OH is 1. The maximum absolute atomic E-state index is 11.5. The Hall–Kier alpha value is -4.88. The number of fused-ring (bicyclic) bond motifs is 3. The van der Waals surface area contributed by atoms with Crippen LogP contribution in [0.25, 0.3) is 0 Å². The Morgan fingerprint density at radius 2 is 0.983 bits per heavy atom. The SMILES string of the molecule is C.CC(=O)OCC(=O)Cl.CC(=O)OCC(=O)N[C@@H]1CO[C@H]2[C@@H]1OC[C@@H]2O[N+](=O)[O-].N[C@@H]1CO[C@H]2[C@@H]1OC[C@@H]2O[N+](=O)[O-].O=C(CO)N[C@@H]1CO[C@H]2[C@@H]1OC[C@@H]2O[N+](=O)[O-]. The molecule has 6 saturated heterocycles. The highest BCUT2D eigenvalue weighted by atomic mass is 35.5. The van der Waals surface area contributed by atoms with Gasteiger partial charge in [0.1, 0.15) is 43.2 Å². The fourth-order valence-electron chi connectivity index (χ4n) is 6.10. The zero-order valence-corrected chi connectivity index (χ0v) is 31.3. The van der Waals surface area contributed by atoms with Crippen LogP contribution >= 0.6 is 11.6 Å². The van der Waals surface area contributed by atoms with Crippen LogP contribution in [0, 0.1) is 30.3 Å². The fourth-order valence-corrected chi connectivity index (χ4v) is 6.15. The molecule has 0 aromatic rings. The number of nitrogens with one attached hydrogen (secondary N) is 2. The van der Waals surface area contributed by atoms with Crippen molar-refractivity contribution in [3.05, 3.63) is 30.3 Å². The molecule has 0 radical (unpaired) electrons. The summed E-state index contributed by atoms with van der Waals surface area (Å²) in [6, 6.07) is -1.08. The molecule has 6 heterocycles. The fraction of sp³-hybridized carbons (Fsp3) is 0.828. The highest BCUT2D eigenvalue weighted by Crippen LogP contribution is 2.30.